The normalized spacial score (nSPS) is 16.1. The monoisotopic (exact) mass is 238 g/mol. The van der Waals surface area contributed by atoms with E-state index in [1.165, 1.54) is 17.6 Å². The van der Waals surface area contributed by atoms with E-state index < -0.39 is 5.60 Å². The molecule has 0 aromatic rings. The molecule has 1 heteroatoms. The molecule has 0 radical (unpaired) electrons. The molecule has 0 rings (SSSR count). The molecule has 0 aromatic heterocycles. The number of aliphatic hydroxyl groups is 1. The van der Waals surface area contributed by atoms with E-state index in [0.29, 0.717) is 5.92 Å². The summed E-state index contributed by atoms with van der Waals surface area (Å²) in [5.74, 6) is 0.319. The maximum atomic E-state index is 10.1. The largest absolute Gasteiger partial charge is 0.390 e. The molecule has 0 amide bonds. The Balaban J connectivity index is 3.88. The molecule has 0 fully saturated rings. The van der Waals surface area contributed by atoms with Gasteiger partial charge in [0.15, 0.2) is 0 Å². The lowest BCUT2D eigenvalue weighted by Crippen LogP contribution is -2.30. The van der Waals surface area contributed by atoms with E-state index in [0.717, 1.165) is 25.7 Å². The van der Waals surface area contributed by atoms with Gasteiger partial charge in [0, 0.05) is 0 Å². The average Bonchev–Trinajstić information content (AvgIpc) is 2.16. The summed E-state index contributed by atoms with van der Waals surface area (Å²) in [5.41, 5.74) is 2.17. The molecular weight excluding hydrogens is 208 g/mol. The summed E-state index contributed by atoms with van der Waals surface area (Å²) in [6.45, 7) is 14.3. The van der Waals surface area contributed by atoms with Gasteiger partial charge in [0.2, 0.25) is 0 Å². The minimum atomic E-state index is -0.533. The Morgan fingerprint density at radius 2 is 1.88 bits per heavy atom. The Morgan fingerprint density at radius 3 is 2.35 bits per heavy atom. The molecule has 0 bridgehead atoms. The van der Waals surface area contributed by atoms with Gasteiger partial charge in [-0.2, -0.15) is 0 Å². The Morgan fingerprint density at radius 1 is 1.29 bits per heavy atom. The fourth-order valence-corrected chi connectivity index (χ4v) is 1.67. The van der Waals surface area contributed by atoms with Crippen LogP contribution in [0.4, 0.5) is 0 Å². The second-order valence-electron chi connectivity index (χ2n) is 5.91. The van der Waals surface area contributed by atoms with Crippen molar-refractivity contribution >= 4 is 0 Å². The van der Waals surface area contributed by atoms with Gasteiger partial charge < -0.3 is 5.11 Å². The van der Waals surface area contributed by atoms with Gasteiger partial charge in [0.05, 0.1) is 5.60 Å². The summed E-state index contributed by atoms with van der Waals surface area (Å²) < 4.78 is 0. The molecule has 0 aromatic carbocycles. The first-order valence-electron chi connectivity index (χ1n) is 6.78. The highest BCUT2D eigenvalue weighted by molar-refractivity contribution is 5.00. The van der Waals surface area contributed by atoms with Crippen LogP contribution in [0, 0.1) is 5.92 Å². The van der Waals surface area contributed by atoms with Crippen LogP contribution in [-0.4, -0.2) is 10.7 Å². The van der Waals surface area contributed by atoms with E-state index >= 15 is 0 Å². The van der Waals surface area contributed by atoms with Crippen molar-refractivity contribution in [3.8, 4) is 0 Å². The molecule has 0 aliphatic rings. The molecule has 1 unspecified atom stereocenters. The summed E-state index contributed by atoms with van der Waals surface area (Å²) in [6.07, 6.45) is 7.56. The molecule has 0 saturated heterocycles. The van der Waals surface area contributed by atoms with Crippen LogP contribution in [0.3, 0.4) is 0 Å². The predicted molar refractivity (Wildman–Crippen MR) is 77.1 cm³/mol. The highest BCUT2D eigenvalue weighted by Gasteiger charge is 2.23. The molecule has 100 valence electrons. The topological polar surface area (TPSA) is 20.2 Å². The maximum Gasteiger partial charge on any atom is 0.0645 e. The van der Waals surface area contributed by atoms with Crippen LogP contribution in [0.2, 0.25) is 0 Å². The van der Waals surface area contributed by atoms with Crippen molar-refractivity contribution in [3.63, 3.8) is 0 Å². The van der Waals surface area contributed by atoms with E-state index in [1.54, 1.807) is 0 Å². The van der Waals surface area contributed by atoms with Gasteiger partial charge in [-0.3, -0.25) is 0 Å². The zero-order valence-electron chi connectivity index (χ0n) is 12.3. The van der Waals surface area contributed by atoms with Crippen molar-refractivity contribution in [1.82, 2.24) is 0 Å². The van der Waals surface area contributed by atoms with Gasteiger partial charge in [-0.15, -0.1) is 6.58 Å². The Kier molecular flexibility index (Phi) is 7.45. The number of hydrogen-bond acceptors (Lipinski definition) is 1. The van der Waals surface area contributed by atoms with Crippen molar-refractivity contribution in [2.45, 2.75) is 72.3 Å². The number of hydrogen-bond donors (Lipinski definition) is 1. The van der Waals surface area contributed by atoms with E-state index in [1.807, 2.05) is 6.92 Å². The predicted octanol–water partition coefficient (Wildman–Crippen LogP) is 4.87. The van der Waals surface area contributed by atoms with Crippen LogP contribution in [0.15, 0.2) is 23.8 Å². The van der Waals surface area contributed by atoms with Crippen LogP contribution < -0.4 is 0 Å². The molecular formula is C16H30O. The van der Waals surface area contributed by atoms with Gasteiger partial charge in [-0.05, 0) is 58.8 Å². The van der Waals surface area contributed by atoms with Gasteiger partial charge >= 0.3 is 0 Å². The summed E-state index contributed by atoms with van der Waals surface area (Å²) in [7, 11) is 0. The SMILES string of the molecule is C=C(C)CCCC(C)=CCCC(C)(O)C(C)C. The van der Waals surface area contributed by atoms with Crippen molar-refractivity contribution in [1.29, 1.82) is 0 Å². The molecule has 0 heterocycles. The van der Waals surface area contributed by atoms with Gasteiger partial charge in [0.1, 0.15) is 0 Å². The van der Waals surface area contributed by atoms with Crippen LogP contribution in [-0.2, 0) is 0 Å². The third-order valence-corrected chi connectivity index (χ3v) is 3.56. The van der Waals surface area contributed by atoms with Crippen molar-refractivity contribution in [2.75, 3.05) is 0 Å². The van der Waals surface area contributed by atoms with Gasteiger partial charge in [-0.25, -0.2) is 0 Å². The third kappa shape index (κ3) is 8.20. The molecule has 0 saturated carbocycles. The van der Waals surface area contributed by atoms with E-state index in [-0.39, 0.29) is 0 Å². The third-order valence-electron chi connectivity index (χ3n) is 3.56. The second-order valence-corrected chi connectivity index (χ2v) is 5.91. The molecule has 17 heavy (non-hydrogen) atoms. The first kappa shape index (κ1) is 16.4. The van der Waals surface area contributed by atoms with Crippen molar-refractivity contribution < 1.29 is 5.11 Å². The zero-order valence-corrected chi connectivity index (χ0v) is 12.3. The smallest absolute Gasteiger partial charge is 0.0645 e. The fraction of sp³-hybridized carbons (Fsp3) is 0.750. The highest BCUT2D eigenvalue weighted by Crippen LogP contribution is 2.22. The average molecular weight is 238 g/mol. The van der Waals surface area contributed by atoms with E-state index in [4.69, 9.17) is 0 Å². The minimum Gasteiger partial charge on any atom is -0.390 e. The molecule has 0 aliphatic carbocycles. The van der Waals surface area contributed by atoms with Gasteiger partial charge in [0.25, 0.3) is 0 Å². The standard InChI is InChI=1S/C16H30O/c1-13(2)9-7-10-15(5)11-8-12-16(6,17)14(3)4/h11,14,17H,1,7-10,12H2,2-6H3. The summed E-state index contributed by atoms with van der Waals surface area (Å²) in [5, 5.41) is 10.1. The maximum absolute atomic E-state index is 10.1. The molecule has 1 nitrogen and oxygen atoms in total. The lowest BCUT2D eigenvalue weighted by Gasteiger charge is -2.27. The van der Waals surface area contributed by atoms with Gasteiger partial charge in [-0.1, -0.05) is 31.1 Å². The highest BCUT2D eigenvalue weighted by atomic mass is 16.3. The number of allylic oxidation sites excluding steroid dienone is 3. The van der Waals surface area contributed by atoms with Crippen LogP contribution in [0.25, 0.3) is 0 Å². The van der Waals surface area contributed by atoms with Crippen LogP contribution >= 0.6 is 0 Å². The molecule has 1 atom stereocenters. The lowest BCUT2D eigenvalue weighted by molar-refractivity contribution is 0.00626. The zero-order chi connectivity index (χ0) is 13.5. The summed E-state index contributed by atoms with van der Waals surface area (Å²) >= 11 is 0. The molecule has 1 N–H and O–H groups in total. The Bertz CT molecular complexity index is 259. The van der Waals surface area contributed by atoms with Crippen molar-refractivity contribution in [3.05, 3.63) is 23.8 Å². The molecule has 0 aliphatic heterocycles. The van der Waals surface area contributed by atoms with Crippen LogP contribution in [0.5, 0.6) is 0 Å². The lowest BCUT2D eigenvalue weighted by atomic mass is 9.87. The number of rotatable bonds is 8. The summed E-state index contributed by atoms with van der Waals surface area (Å²) in [6, 6.07) is 0. The summed E-state index contributed by atoms with van der Waals surface area (Å²) in [4.78, 5) is 0. The second kappa shape index (κ2) is 7.71. The fourth-order valence-electron chi connectivity index (χ4n) is 1.67. The van der Waals surface area contributed by atoms with E-state index in [9.17, 15) is 5.11 Å². The molecule has 0 spiro atoms. The van der Waals surface area contributed by atoms with E-state index in [2.05, 4.69) is 40.3 Å². The Hall–Kier alpha value is -0.560. The first-order chi connectivity index (χ1) is 7.75. The van der Waals surface area contributed by atoms with Crippen LogP contribution in [0.1, 0.15) is 66.7 Å². The quantitative estimate of drug-likeness (QED) is 0.598. The minimum absolute atomic E-state index is 0.319. The van der Waals surface area contributed by atoms with Crippen molar-refractivity contribution in [2.24, 2.45) is 5.92 Å². The first-order valence-corrected chi connectivity index (χ1v) is 6.78. The Labute approximate surface area is 108 Å².